The first-order valence-corrected chi connectivity index (χ1v) is 6.80. The smallest absolute Gasteiger partial charge is 0.0914 e. The summed E-state index contributed by atoms with van der Waals surface area (Å²) < 4.78 is 0. The lowest BCUT2D eigenvalue weighted by molar-refractivity contribution is 0.175. The zero-order valence-electron chi connectivity index (χ0n) is 10.7. The van der Waals surface area contributed by atoms with E-state index in [-0.39, 0.29) is 6.10 Å². The second-order valence-corrected chi connectivity index (χ2v) is 5.01. The molecule has 2 nitrogen and oxygen atoms in total. The third-order valence-electron chi connectivity index (χ3n) is 3.66. The van der Waals surface area contributed by atoms with Crippen molar-refractivity contribution in [3.63, 3.8) is 0 Å². The fraction of sp³-hybridized carbons (Fsp3) is 0.600. The van der Waals surface area contributed by atoms with Crippen molar-refractivity contribution in [2.24, 2.45) is 0 Å². The van der Waals surface area contributed by atoms with Gasteiger partial charge in [-0.25, -0.2) is 0 Å². The summed E-state index contributed by atoms with van der Waals surface area (Å²) in [6.07, 6.45) is 4.76. The molecule has 0 aromatic heterocycles. The fourth-order valence-corrected chi connectivity index (χ4v) is 2.27. The van der Waals surface area contributed by atoms with Crippen LogP contribution in [-0.4, -0.2) is 18.2 Å². The molecular weight excluding hydrogens is 210 g/mol. The van der Waals surface area contributed by atoms with Crippen LogP contribution in [0, 0.1) is 0 Å². The molecule has 0 saturated heterocycles. The predicted octanol–water partition coefficient (Wildman–Crippen LogP) is 2.99. The summed E-state index contributed by atoms with van der Waals surface area (Å²) in [5.74, 6) is 0.777. The van der Waals surface area contributed by atoms with E-state index in [0.717, 1.165) is 24.4 Å². The van der Waals surface area contributed by atoms with Crippen LogP contribution in [0.15, 0.2) is 24.3 Å². The molecule has 1 aliphatic rings. The van der Waals surface area contributed by atoms with Crippen molar-refractivity contribution in [1.82, 2.24) is 5.32 Å². The van der Waals surface area contributed by atoms with Crippen LogP contribution in [0.25, 0.3) is 0 Å². The fourth-order valence-electron chi connectivity index (χ4n) is 2.27. The third kappa shape index (κ3) is 3.30. The monoisotopic (exact) mass is 233 g/mol. The van der Waals surface area contributed by atoms with Gasteiger partial charge in [0.05, 0.1) is 6.10 Å². The van der Waals surface area contributed by atoms with Gasteiger partial charge in [0.25, 0.3) is 0 Å². The second kappa shape index (κ2) is 6.18. The summed E-state index contributed by atoms with van der Waals surface area (Å²) in [6, 6.07) is 8.52. The first-order chi connectivity index (χ1) is 8.31. The number of aliphatic hydroxyl groups is 1. The lowest BCUT2D eigenvalue weighted by atomic mass is 9.80. The first-order valence-electron chi connectivity index (χ1n) is 6.80. The van der Waals surface area contributed by atoms with Crippen molar-refractivity contribution in [2.45, 2.75) is 44.6 Å². The summed E-state index contributed by atoms with van der Waals surface area (Å²) >= 11 is 0. The van der Waals surface area contributed by atoms with Gasteiger partial charge < -0.3 is 10.4 Å². The Labute approximate surface area is 104 Å². The van der Waals surface area contributed by atoms with E-state index in [2.05, 4.69) is 36.5 Å². The van der Waals surface area contributed by atoms with Crippen molar-refractivity contribution in [1.29, 1.82) is 0 Å². The minimum Gasteiger partial charge on any atom is -0.387 e. The molecule has 0 heterocycles. The van der Waals surface area contributed by atoms with E-state index in [0.29, 0.717) is 6.54 Å². The topological polar surface area (TPSA) is 32.3 Å². The van der Waals surface area contributed by atoms with Crippen LogP contribution < -0.4 is 5.32 Å². The van der Waals surface area contributed by atoms with Gasteiger partial charge in [0.2, 0.25) is 0 Å². The molecule has 2 N–H and O–H groups in total. The zero-order chi connectivity index (χ0) is 12.1. The Morgan fingerprint density at radius 3 is 2.53 bits per heavy atom. The van der Waals surface area contributed by atoms with Crippen molar-refractivity contribution < 1.29 is 5.11 Å². The number of hydrogen-bond donors (Lipinski definition) is 2. The van der Waals surface area contributed by atoms with Crippen LogP contribution in [-0.2, 0) is 0 Å². The Kier molecular flexibility index (Phi) is 4.57. The maximum absolute atomic E-state index is 9.99. The van der Waals surface area contributed by atoms with Crippen LogP contribution in [0.5, 0.6) is 0 Å². The van der Waals surface area contributed by atoms with Crippen LogP contribution in [0.2, 0.25) is 0 Å². The van der Waals surface area contributed by atoms with Crippen molar-refractivity contribution in [3.05, 3.63) is 35.4 Å². The Morgan fingerprint density at radius 1 is 1.29 bits per heavy atom. The molecule has 1 atom stereocenters. The summed E-state index contributed by atoms with van der Waals surface area (Å²) in [5.41, 5.74) is 2.46. The molecule has 2 heteroatoms. The van der Waals surface area contributed by atoms with Crippen molar-refractivity contribution >= 4 is 0 Å². The lowest BCUT2D eigenvalue weighted by Gasteiger charge is -2.26. The molecule has 94 valence electrons. The van der Waals surface area contributed by atoms with Gasteiger partial charge in [0.15, 0.2) is 0 Å². The van der Waals surface area contributed by atoms with E-state index in [1.54, 1.807) is 0 Å². The molecule has 1 aromatic carbocycles. The maximum atomic E-state index is 9.99. The molecule has 1 aromatic rings. The SMILES string of the molecule is CCCNCC(O)c1ccc(C2CCC2)cc1. The van der Waals surface area contributed by atoms with Gasteiger partial charge in [-0.1, -0.05) is 37.6 Å². The van der Waals surface area contributed by atoms with E-state index in [1.807, 2.05) is 0 Å². The standard InChI is InChI=1S/C15H23NO/c1-2-10-16-11-15(17)14-8-6-13(7-9-14)12-4-3-5-12/h6-9,12,15-17H,2-5,10-11H2,1H3. The molecule has 1 fully saturated rings. The highest BCUT2D eigenvalue weighted by atomic mass is 16.3. The highest BCUT2D eigenvalue weighted by Gasteiger charge is 2.19. The van der Waals surface area contributed by atoms with E-state index in [9.17, 15) is 5.11 Å². The molecule has 0 amide bonds. The van der Waals surface area contributed by atoms with Gasteiger partial charge in [-0.05, 0) is 42.9 Å². The molecule has 0 spiro atoms. The van der Waals surface area contributed by atoms with Gasteiger partial charge in [-0.3, -0.25) is 0 Å². The van der Waals surface area contributed by atoms with Gasteiger partial charge >= 0.3 is 0 Å². The van der Waals surface area contributed by atoms with Crippen LogP contribution in [0.4, 0.5) is 0 Å². The zero-order valence-corrected chi connectivity index (χ0v) is 10.7. The van der Waals surface area contributed by atoms with Crippen LogP contribution in [0.3, 0.4) is 0 Å². The summed E-state index contributed by atoms with van der Waals surface area (Å²) in [7, 11) is 0. The van der Waals surface area contributed by atoms with E-state index < -0.39 is 0 Å². The molecule has 1 unspecified atom stereocenters. The highest BCUT2D eigenvalue weighted by molar-refractivity contribution is 5.27. The van der Waals surface area contributed by atoms with E-state index >= 15 is 0 Å². The number of rotatable bonds is 6. The quantitative estimate of drug-likeness (QED) is 0.740. The third-order valence-corrected chi connectivity index (χ3v) is 3.66. The second-order valence-electron chi connectivity index (χ2n) is 5.01. The normalized spacial score (nSPS) is 17.8. The molecule has 0 bridgehead atoms. The predicted molar refractivity (Wildman–Crippen MR) is 71.2 cm³/mol. The average molecular weight is 233 g/mol. The number of aliphatic hydroxyl groups excluding tert-OH is 1. The van der Waals surface area contributed by atoms with Crippen LogP contribution >= 0.6 is 0 Å². The average Bonchev–Trinajstić information content (AvgIpc) is 2.28. The summed E-state index contributed by atoms with van der Waals surface area (Å²) in [4.78, 5) is 0. The Morgan fingerprint density at radius 2 is 2.00 bits per heavy atom. The van der Waals surface area contributed by atoms with Gasteiger partial charge in [-0.15, -0.1) is 0 Å². The van der Waals surface area contributed by atoms with Crippen LogP contribution in [0.1, 0.15) is 55.8 Å². The Bertz CT molecular complexity index is 329. The minimum atomic E-state index is -0.378. The largest absolute Gasteiger partial charge is 0.387 e. The van der Waals surface area contributed by atoms with Gasteiger partial charge in [0.1, 0.15) is 0 Å². The molecule has 17 heavy (non-hydrogen) atoms. The van der Waals surface area contributed by atoms with E-state index in [4.69, 9.17) is 0 Å². The molecule has 0 radical (unpaired) electrons. The molecular formula is C15H23NO. The summed E-state index contributed by atoms with van der Waals surface area (Å²) in [5, 5.41) is 13.2. The van der Waals surface area contributed by atoms with Gasteiger partial charge in [-0.2, -0.15) is 0 Å². The Balaban J connectivity index is 1.87. The number of benzene rings is 1. The lowest BCUT2D eigenvalue weighted by Crippen LogP contribution is -2.22. The van der Waals surface area contributed by atoms with E-state index in [1.165, 1.54) is 24.8 Å². The molecule has 0 aliphatic heterocycles. The van der Waals surface area contributed by atoms with Crippen molar-refractivity contribution in [2.75, 3.05) is 13.1 Å². The molecule has 2 rings (SSSR count). The minimum absolute atomic E-state index is 0.378. The number of hydrogen-bond acceptors (Lipinski definition) is 2. The molecule has 1 saturated carbocycles. The van der Waals surface area contributed by atoms with Crippen molar-refractivity contribution in [3.8, 4) is 0 Å². The molecule has 1 aliphatic carbocycles. The maximum Gasteiger partial charge on any atom is 0.0914 e. The van der Waals surface area contributed by atoms with Gasteiger partial charge in [0, 0.05) is 6.54 Å². The highest BCUT2D eigenvalue weighted by Crippen LogP contribution is 2.36. The number of nitrogens with one attached hydrogen (secondary N) is 1. The Hall–Kier alpha value is -0.860. The summed E-state index contributed by atoms with van der Waals surface area (Å²) in [6.45, 7) is 3.75. The first kappa shape index (κ1) is 12.6.